The number of esters is 1. The molecule has 0 spiro atoms. The molecular formula is C19H20N2O5. The highest BCUT2D eigenvalue weighted by atomic mass is 16.6. The van der Waals surface area contributed by atoms with E-state index in [9.17, 15) is 19.7 Å². The minimum Gasteiger partial charge on any atom is -0.466 e. The lowest BCUT2D eigenvalue weighted by molar-refractivity contribution is -0.385. The van der Waals surface area contributed by atoms with Gasteiger partial charge in [-0.15, -0.1) is 0 Å². The van der Waals surface area contributed by atoms with Gasteiger partial charge >= 0.3 is 5.97 Å². The van der Waals surface area contributed by atoms with Crippen molar-refractivity contribution in [1.29, 1.82) is 0 Å². The molecule has 1 amide bonds. The predicted molar refractivity (Wildman–Crippen MR) is 97.2 cm³/mol. The van der Waals surface area contributed by atoms with Crippen LogP contribution < -0.4 is 5.32 Å². The van der Waals surface area contributed by atoms with Crippen molar-refractivity contribution >= 4 is 23.3 Å². The fourth-order valence-electron chi connectivity index (χ4n) is 2.47. The molecule has 0 aromatic heterocycles. The number of benzene rings is 2. The van der Waals surface area contributed by atoms with E-state index in [0.717, 1.165) is 5.56 Å². The molecule has 0 fully saturated rings. The van der Waals surface area contributed by atoms with Gasteiger partial charge in [0.2, 0.25) is 0 Å². The molecule has 0 heterocycles. The Morgan fingerprint density at radius 2 is 1.96 bits per heavy atom. The van der Waals surface area contributed by atoms with Gasteiger partial charge in [0.15, 0.2) is 0 Å². The third-order valence-electron chi connectivity index (χ3n) is 3.70. The van der Waals surface area contributed by atoms with Crippen molar-refractivity contribution in [2.75, 3.05) is 11.9 Å². The molecule has 0 aliphatic carbocycles. The number of nitro benzene ring substituents is 1. The van der Waals surface area contributed by atoms with Crippen LogP contribution in [0.2, 0.25) is 0 Å². The molecule has 0 unspecified atom stereocenters. The van der Waals surface area contributed by atoms with Gasteiger partial charge in [0.05, 0.1) is 11.5 Å². The summed E-state index contributed by atoms with van der Waals surface area (Å²) in [5, 5.41) is 13.8. The van der Waals surface area contributed by atoms with E-state index >= 15 is 0 Å². The highest BCUT2D eigenvalue weighted by molar-refractivity contribution is 6.07. The molecule has 1 N–H and O–H groups in total. The average Bonchev–Trinajstić information content (AvgIpc) is 2.60. The largest absolute Gasteiger partial charge is 0.466 e. The van der Waals surface area contributed by atoms with Crippen molar-refractivity contribution in [3.05, 3.63) is 69.3 Å². The summed E-state index contributed by atoms with van der Waals surface area (Å²) in [6.45, 7) is 3.81. The Hall–Kier alpha value is -3.22. The van der Waals surface area contributed by atoms with E-state index in [-0.39, 0.29) is 23.6 Å². The van der Waals surface area contributed by atoms with Crippen LogP contribution in [0.3, 0.4) is 0 Å². The van der Waals surface area contributed by atoms with Gasteiger partial charge in [-0.2, -0.15) is 0 Å². The van der Waals surface area contributed by atoms with Crippen molar-refractivity contribution < 1.29 is 19.2 Å². The number of nitrogens with one attached hydrogen (secondary N) is 1. The quantitative estimate of drug-likeness (QED) is 0.464. The standard InChI is InChI=1S/C19H20N2O5/c1-3-26-18(22)10-8-14-5-4-6-15(12-14)20-19(23)16-9-7-13(2)11-17(16)21(24)25/h4-7,9,11-12H,3,8,10H2,1-2H3,(H,20,23). The molecule has 0 saturated heterocycles. The first-order chi connectivity index (χ1) is 12.4. The van der Waals surface area contributed by atoms with E-state index in [4.69, 9.17) is 4.74 Å². The Kier molecular flexibility index (Phi) is 6.43. The number of carbonyl (C=O) groups excluding carboxylic acids is 2. The molecule has 0 radical (unpaired) electrons. The molecule has 0 aliphatic rings. The van der Waals surface area contributed by atoms with E-state index < -0.39 is 10.8 Å². The third-order valence-corrected chi connectivity index (χ3v) is 3.70. The maximum absolute atomic E-state index is 12.4. The second-order valence-corrected chi connectivity index (χ2v) is 5.74. The Morgan fingerprint density at radius 3 is 2.65 bits per heavy atom. The van der Waals surface area contributed by atoms with Crippen LogP contribution in [0.15, 0.2) is 42.5 Å². The first-order valence-electron chi connectivity index (χ1n) is 8.21. The van der Waals surface area contributed by atoms with Crippen LogP contribution in [0.25, 0.3) is 0 Å². The van der Waals surface area contributed by atoms with Crippen molar-refractivity contribution in [2.24, 2.45) is 0 Å². The minimum absolute atomic E-state index is 0.00229. The number of hydrogen-bond donors (Lipinski definition) is 1. The molecule has 7 nitrogen and oxygen atoms in total. The summed E-state index contributed by atoms with van der Waals surface area (Å²) in [4.78, 5) is 34.5. The predicted octanol–water partition coefficient (Wildman–Crippen LogP) is 3.65. The van der Waals surface area contributed by atoms with Crippen LogP contribution in [0.5, 0.6) is 0 Å². The summed E-state index contributed by atoms with van der Waals surface area (Å²) < 4.78 is 4.89. The zero-order chi connectivity index (χ0) is 19.1. The Labute approximate surface area is 151 Å². The summed E-state index contributed by atoms with van der Waals surface area (Å²) in [6, 6.07) is 11.5. The van der Waals surface area contributed by atoms with Crippen molar-refractivity contribution in [1.82, 2.24) is 0 Å². The molecule has 136 valence electrons. The van der Waals surface area contributed by atoms with Crippen molar-refractivity contribution in [3.63, 3.8) is 0 Å². The SMILES string of the molecule is CCOC(=O)CCc1cccc(NC(=O)c2ccc(C)cc2[N+](=O)[O-])c1. The minimum atomic E-state index is -0.572. The topological polar surface area (TPSA) is 98.5 Å². The summed E-state index contributed by atoms with van der Waals surface area (Å²) >= 11 is 0. The van der Waals surface area contributed by atoms with Gasteiger partial charge in [-0.3, -0.25) is 19.7 Å². The number of aryl methyl sites for hydroxylation is 2. The molecule has 7 heteroatoms. The van der Waals surface area contributed by atoms with Crippen LogP contribution in [-0.4, -0.2) is 23.4 Å². The lowest BCUT2D eigenvalue weighted by Crippen LogP contribution is -2.14. The number of nitrogens with zero attached hydrogens (tertiary/aromatic N) is 1. The normalized spacial score (nSPS) is 10.2. The highest BCUT2D eigenvalue weighted by Gasteiger charge is 2.20. The van der Waals surface area contributed by atoms with Crippen LogP contribution in [0.4, 0.5) is 11.4 Å². The smallest absolute Gasteiger partial charge is 0.306 e. The number of amides is 1. The molecule has 2 rings (SSSR count). The molecule has 2 aromatic rings. The molecule has 0 aliphatic heterocycles. The Bertz CT molecular complexity index is 832. The summed E-state index contributed by atoms with van der Waals surface area (Å²) in [5.74, 6) is -0.837. The zero-order valence-electron chi connectivity index (χ0n) is 14.7. The second-order valence-electron chi connectivity index (χ2n) is 5.74. The van der Waals surface area contributed by atoms with Crippen LogP contribution in [0.1, 0.15) is 34.8 Å². The monoisotopic (exact) mass is 356 g/mol. The van der Waals surface area contributed by atoms with Crippen molar-refractivity contribution in [3.8, 4) is 0 Å². The number of rotatable bonds is 7. The fourth-order valence-corrected chi connectivity index (χ4v) is 2.47. The average molecular weight is 356 g/mol. The molecule has 26 heavy (non-hydrogen) atoms. The van der Waals surface area contributed by atoms with Crippen LogP contribution >= 0.6 is 0 Å². The van der Waals surface area contributed by atoms with Crippen LogP contribution in [-0.2, 0) is 16.0 Å². The van der Waals surface area contributed by atoms with Gasteiger partial charge in [0, 0.05) is 18.2 Å². The van der Waals surface area contributed by atoms with Gasteiger partial charge in [-0.05, 0) is 49.6 Å². The van der Waals surface area contributed by atoms with Gasteiger partial charge in [-0.25, -0.2) is 0 Å². The Balaban J connectivity index is 2.11. The van der Waals surface area contributed by atoms with Gasteiger partial charge in [0.25, 0.3) is 11.6 Å². The summed E-state index contributed by atoms with van der Waals surface area (Å²) in [5.41, 5.74) is 1.83. The maximum Gasteiger partial charge on any atom is 0.306 e. The fraction of sp³-hybridized carbons (Fsp3) is 0.263. The first kappa shape index (κ1) is 19.1. The zero-order valence-corrected chi connectivity index (χ0v) is 14.7. The summed E-state index contributed by atoms with van der Waals surface area (Å²) in [7, 11) is 0. The molecule has 0 bridgehead atoms. The molecular weight excluding hydrogens is 336 g/mol. The van der Waals surface area contributed by atoms with Gasteiger partial charge in [-0.1, -0.05) is 18.2 Å². The Morgan fingerprint density at radius 1 is 1.19 bits per heavy atom. The number of carbonyl (C=O) groups is 2. The second kappa shape index (κ2) is 8.75. The molecule has 2 aromatic carbocycles. The summed E-state index contributed by atoms with van der Waals surface area (Å²) in [6.07, 6.45) is 0.724. The van der Waals surface area contributed by atoms with E-state index in [2.05, 4.69) is 5.32 Å². The van der Waals surface area contributed by atoms with Gasteiger partial charge in [0.1, 0.15) is 5.56 Å². The van der Waals surface area contributed by atoms with E-state index in [1.807, 2.05) is 6.07 Å². The number of hydrogen-bond acceptors (Lipinski definition) is 5. The third kappa shape index (κ3) is 5.14. The van der Waals surface area contributed by atoms with Gasteiger partial charge < -0.3 is 10.1 Å². The lowest BCUT2D eigenvalue weighted by atomic mass is 10.1. The van der Waals surface area contributed by atoms with E-state index in [1.54, 1.807) is 38.1 Å². The maximum atomic E-state index is 12.4. The molecule has 0 saturated carbocycles. The van der Waals surface area contributed by atoms with Crippen molar-refractivity contribution in [2.45, 2.75) is 26.7 Å². The number of ether oxygens (including phenoxy) is 1. The highest BCUT2D eigenvalue weighted by Crippen LogP contribution is 2.22. The van der Waals surface area contributed by atoms with E-state index in [0.29, 0.717) is 24.3 Å². The molecule has 0 atom stereocenters. The van der Waals surface area contributed by atoms with Crippen LogP contribution in [0, 0.1) is 17.0 Å². The first-order valence-corrected chi connectivity index (χ1v) is 8.21. The number of anilines is 1. The number of nitro groups is 1. The van der Waals surface area contributed by atoms with E-state index in [1.165, 1.54) is 12.1 Å². The lowest BCUT2D eigenvalue weighted by Gasteiger charge is -2.08.